The first-order chi connectivity index (χ1) is 21.4. The summed E-state index contributed by atoms with van der Waals surface area (Å²) in [5, 5.41) is 10.8. The number of hydrogen-bond acceptors (Lipinski definition) is 10. The van der Waals surface area contributed by atoms with Crippen LogP contribution < -0.4 is 15.5 Å². The molecule has 0 radical (unpaired) electrons. The summed E-state index contributed by atoms with van der Waals surface area (Å²) in [4.78, 5) is 29.0. The Hall–Kier alpha value is -3.14. The molecule has 4 aromatic rings. The normalized spacial score (nSPS) is 14.7. The lowest BCUT2D eigenvalue weighted by Gasteiger charge is -2.27. The van der Waals surface area contributed by atoms with Gasteiger partial charge in [0.1, 0.15) is 18.2 Å². The SMILES string of the molecule is CC(C)(C)OC(=O)NCCc1cccc2c1nc(CNc1nc(N3CCOCC3)nc3c(Br)cnn13)n2COCCS(C)(C)C. The number of morpholine rings is 1. The van der Waals surface area contributed by atoms with Crippen molar-refractivity contribution in [3.8, 4) is 0 Å². The quantitative estimate of drug-likeness (QED) is 0.204. The molecule has 0 spiro atoms. The second kappa shape index (κ2) is 14.1. The highest BCUT2D eigenvalue weighted by molar-refractivity contribution is 9.10. The van der Waals surface area contributed by atoms with E-state index in [0.717, 1.165) is 45.7 Å². The van der Waals surface area contributed by atoms with Crippen molar-refractivity contribution in [3.05, 3.63) is 40.3 Å². The monoisotopic (exact) mass is 705 g/mol. The maximum Gasteiger partial charge on any atom is 0.407 e. The van der Waals surface area contributed by atoms with Crippen molar-refractivity contribution in [2.75, 3.05) is 74.2 Å². The lowest BCUT2D eigenvalue weighted by molar-refractivity contribution is 0.0528. The number of rotatable bonds is 12. The van der Waals surface area contributed by atoms with Crippen molar-refractivity contribution in [1.82, 2.24) is 34.4 Å². The van der Waals surface area contributed by atoms with Gasteiger partial charge in [0.05, 0.1) is 48.1 Å². The molecule has 0 atom stereocenters. The fraction of sp³-hybridized carbons (Fsp3) is 0.567. The molecule has 0 saturated carbocycles. The van der Waals surface area contributed by atoms with Crippen LogP contribution in [0.2, 0.25) is 0 Å². The van der Waals surface area contributed by atoms with Crippen molar-refractivity contribution < 1.29 is 19.0 Å². The Morgan fingerprint density at radius 3 is 2.64 bits per heavy atom. The largest absolute Gasteiger partial charge is 0.444 e. The van der Waals surface area contributed by atoms with E-state index in [1.807, 2.05) is 32.9 Å². The minimum absolute atomic E-state index is 0.369. The summed E-state index contributed by atoms with van der Waals surface area (Å²) in [5.74, 6) is 3.00. The molecule has 13 nitrogen and oxygen atoms in total. The van der Waals surface area contributed by atoms with E-state index in [9.17, 15) is 4.79 Å². The van der Waals surface area contributed by atoms with Crippen molar-refractivity contribution >= 4 is 60.6 Å². The van der Waals surface area contributed by atoms with Gasteiger partial charge >= 0.3 is 6.09 Å². The smallest absolute Gasteiger partial charge is 0.407 e. The summed E-state index contributed by atoms with van der Waals surface area (Å²) in [6, 6.07) is 6.12. The molecule has 1 aromatic carbocycles. The van der Waals surface area contributed by atoms with Gasteiger partial charge in [-0.2, -0.15) is 19.6 Å². The number of ether oxygens (including phenoxy) is 3. The van der Waals surface area contributed by atoms with E-state index in [1.54, 1.807) is 10.7 Å². The number of alkyl carbamates (subject to hydrolysis) is 1. The Balaban J connectivity index is 1.40. The molecule has 1 saturated heterocycles. The average molecular weight is 707 g/mol. The Morgan fingerprint density at radius 1 is 1.13 bits per heavy atom. The van der Waals surface area contributed by atoms with E-state index in [0.29, 0.717) is 63.6 Å². The van der Waals surface area contributed by atoms with Crippen LogP contribution in [0.25, 0.3) is 16.7 Å². The maximum absolute atomic E-state index is 12.2. The minimum Gasteiger partial charge on any atom is -0.444 e. The van der Waals surface area contributed by atoms with E-state index in [2.05, 4.69) is 66.0 Å². The number of benzene rings is 1. The Bertz CT molecular complexity index is 1620. The number of para-hydroxylation sites is 1. The third kappa shape index (κ3) is 8.77. The highest BCUT2D eigenvalue weighted by Gasteiger charge is 2.21. The molecule has 1 aliphatic rings. The van der Waals surface area contributed by atoms with Gasteiger partial charge in [-0.05, 0) is 73.5 Å². The number of aromatic nitrogens is 6. The van der Waals surface area contributed by atoms with E-state index >= 15 is 0 Å². The average Bonchev–Trinajstić information content (AvgIpc) is 3.53. The van der Waals surface area contributed by atoms with Gasteiger partial charge in [0.15, 0.2) is 5.65 Å². The molecule has 1 fully saturated rings. The van der Waals surface area contributed by atoms with Gasteiger partial charge in [-0.1, -0.05) is 12.1 Å². The number of nitrogens with one attached hydrogen (secondary N) is 2. The second-order valence-electron chi connectivity index (χ2n) is 12.8. The number of fused-ring (bicyclic) bond motifs is 2. The number of anilines is 2. The zero-order valence-corrected chi connectivity index (χ0v) is 29.3. The predicted octanol–water partition coefficient (Wildman–Crippen LogP) is 4.42. The number of amides is 1. The zero-order chi connectivity index (χ0) is 32.2. The molecule has 2 N–H and O–H groups in total. The van der Waals surface area contributed by atoms with Crippen molar-refractivity contribution in [2.24, 2.45) is 0 Å². The predicted molar refractivity (Wildman–Crippen MR) is 183 cm³/mol. The van der Waals surface area contributed by atoms with Gasteiger partial charge < -0.3 is 34.3 Å². The molecule has 5 rings (SSSR count). The van der Waals surface area contributed by atoms with Crippen LogP contribution in [0.4, 0.5) is 16.7 Å². The highest BCUT2D eigenvalue weighted by atomic mass is 79.9. The molecule has 0 aliphatic carbocycles. The summed E-state index contributed by atoms with van der Waals surface area (Å²) in [5.41, 5.74) is 2.99. The molecule has 0 bridgehead atoms. The summed E-state index contributed by atoms with van der Waals surface area (Å²) in [7, 11) is -0.679. The van der Waals surface area contributed by atoms with Gasteiger partial charge in [-0.15, -0.1) is 0 Å². The Morgan fingerprint density at radius 2 is 1.91 bits per heavy atom. The zero-order valence-electron chi connectivity index (χ0n) is 26.9. The summed E-state index contributed by atoms with van der Waals surface area (Å²) in [6.07, 6.45) is 8.75. The molecule has 4 heterocycles. The van der Waals surface area contributed by atoms with Crippen LogP contribution in [-0.2, 0) is 33.9 Å². The first-order valence-corrected chi connectivity index (χ1v) is 18.9. The van der Waals surface area contributed by atoms with Gasteiger partial charge in [0.2, 0.25) is 11.9 Å². The minimum atomic E-state index is -0.679. The van der Waals surface area contributed by atoms with Crippen molar-refractivity contribution in [1.29, 1.82) is 0 Å². The lowest BCUT2D eigenvalue weighted by atomic mass is 10.1. The topological polar surface area (TPSA) is 133 Å². The summed E-state index contributed by atoms with van der Waals surface area (Å²) >= 11 is 3.58. The molecule has 45 heavy (non-hydrogen) atoms. The van der Waals surface area contributed by atoms with Crippen LogP contribution >= 0.6 is 26.0 Å². The van der Waals surface area contributed by atoms with E-state index in [4.69, 9.17) is 29.2 Å². The Labute approximate surface area is 273 Å². The molecule has 15 heteroatoms. The number of nitrogens with zero attached hydrogens (tertiary/aromatic N) is 7. The molecule has 1 aliphatic heterocycles. The molecule has 0 unspecified atom stereocenters. The first kappa shape index (κ1) is 33.2. The number of carbonyl (C=O) groups is 1. The molecular formula is C30H44BrN9O4S. The third-order valence-corrected chi connectivity index (χ3v) is 9.03. The third-order valence-electron chi connectivity index (χ3n) is 7.08. The summed E-state index contributed by atoms with van der Waals surface area (Å²) < 4.78 is 21.7. The summed E-state index contributed by atoms with van der Waals surface area (Å²) in [6.45, 7) is 10.1. The highest BCUT2D eigenvalue weighted by Crippen LogP contribution is 2.33. The lowest BCUT2D eigenvalue weighted by Crippen LogP contribution is -2.37. The van der Waals surface area contributed by atoms with Gasteiger partial charge in [0.25, 0.3) is 0 Å². The van der Waals surface area contributed by atoms with Gasteiger partial charge in [-0.25, -0.2) is 19.8 Å². The van der Waals surface area contributed by atoms with Crippen LogP contribution in [0, 0.1) is 0 Å². The molecular weight excluding hydrogens is 662 g/mol. The van der Waals surface area contributed by atoms with Crippen molar-refractivity contribution in [3.63, 3.8) is 0 Å². The van der Waals surface area contributed by atoms with Crippen LogP contribution in [0.3, 0.4) is 0 Å². The number of halogens is 1. The fourth-order valence-electron chi connectivity index (χ4n) is 4.83. The molecule has 3 aromatic heterocycles. The van der Waals surface area contributed by atoms with Gasteiger partial charge in [0, 0.05) is 25.4 Å². The second-order valence-corrected chi connectivity index (χ2v) is 18.2. The molecule has 246 valence electrons. The number of imidazole rings is 1. The molecule has 1 amide bonds. The standard InChI is InChI=1S/C30H44BrN9O4S/c1-30(2,3)44-29(41)32-11-10-21-8-7-9-23-25(21)35-24(39(23)20-43-16-17-45(4,5)6)19-33-27-37-28(38-12-14-42-15-13-38)36-26-22(31)18-34-40(26)27/h7-9,18H,10-17,19-20H2,1-6H3,(H,32,41)(H,33,36,37). The first-order valence-electron chi connectivity index (χ1n) is 15.0. The van der Waals surface area contributed by atoms with Crippen LogP contribution in [0.15, 0.2) is 28.9 Å². The van der Waals surface area contributed by atoms with Crippen LogP contribution in [0.5, 0.6) is 0 Å². The fourth-order valence-corrected chi connectivity index (χ4v) is 5.79. The number of hydrogen-bond donors (Lipinski definition) is 2. The van der Waals surface area contributed by atoms with Crippen LogP contribution in [-0.4, -0.2) is 105 Å². The van der Waals surface area contributed by atoms with E-state index in [-0.39, 0.29) is 0 Å². The Kier molecular flexibility index (Phi) is 10.4. The van der Waals surface area contributed by atoms with Crippen LogP contribution in [0.1, 0.15) is 32.2 Å². The van der Waals surface area contributed by atoms with E-state index < -0.39 is 21.7 Å². The van der Waals surface area contributed by atoms with E-state index in [1.165, 1.54) is 0 Å². The number of carbonyl (C=O) groups excluding carboxylic acids is 1. The van der Waals surface area contributed by atoms with Crippen molar-refractivity contribution in [2.45, 2.75) is 46.1 Å². The maximum atomic E-state index is 12.2. The van der Waals surface area contributed by atoms with Gasteiger partial charge in [-0.3, -0.25) is 0 Å².